The van der Waals surface area contributed by atoms with Crippen LogP contribution in [0.25, 0.3) is 44.7 Å². The average Bonchev–Trinajstić information content (AvgIpc) is 2.74. The Balaban J connectivity index is 1.65. The van der Waals surface area contributed by atoms with E-state index in [4.69, 9.17) is 8.83 Å². The zero-order valence-corrected chi connectivity index (χ0v) is 18.2. The third-order valence-corrected chi connectivity index (χ3v) is 5.52. The molecule has 0 aliphatic carbocycles. The highest BCUT2D eigenvalue weighted by molar-refractivity contribution is 9.10. The molecule has 2 heterocycles. The molecule has 0 bridgehead atoms. The highest BCUT2D eigenvalue weighted by Gasteiger charge is 2.13. The molecule has 0 amide bonds. The second kappa shape index (κ2) is 7.30. The van der Waals surface area contributed by atoms with Crippen LogP contribution in [-0.2, 0) is 0 Å². The van der Waals surface area contributed by atoms with E-state index >= 15 is 0 Å². The molecule has 5 rings (SSSR count). The zero-order valence-electron chi connectivity index (χ0n) is 15.1. The normalized spacial score (nSPS) is 11.3. The van der Waals surface area contributed by atoms with Crippen molar-refractivity contribution in [2.45, 2.75) is 0 Å². The first-order valence-electron chi connectivity index (χ1n) is 8.79. The summed E-state index contributed by atoms with van der Waals surface area (Å²) in [6.45, 7) is 0. The van der Waals surface area contributed by atoms with E-state index in [1.54, 1.807) is 60.7 Å². The fourth-order valence-corrected chi connectivity index (χ4v) is 3.84. The first-order chi connectivity index (χ1) is 14.5. The van der Waals surface area contributed by atoms with Crippen LogP contribution >= 0.6 is 31.9 Å². The molecule has 6 nitrogen and oxygen atoms in total. The average molecular weight is 526 g/mol. The number of fused-ring (bicyclic) bond motifs is 2. The van der Waals surface area contributed by atoms with Gasteiger partial charge in [0.15, 0.2) is 0 Å². The van der Waals surface area contributed by atoms with E-state index in [1.807, 2.05) is 0 Å². The molecule has 0 saturated heterocycles. The number of nitrogens with zero attached hydrogens (tertiary/aromatic N) is 2. The number of rotatable bonds is 2. The van der Waals surface area contributed by atoms with E-state index in [0.717, 1.165) is 8.95 Å². The molecular formula is C22H10Br2N2O4. The molecular weight excluding hydrogens is 516 g/mol. The summed E-state index contributed by atoms with van der Waals surface area (Å²) in [5, 5.41) is 0.773. The number of hydrogen-bond acceptors (Lipinski definition) is 6. The fourth-order valence-electron chi connectivity index (χ4n) is 3.12. The van der Waals surface area contributed by atoms with E-state index < -0.39 is 11.3 Å². The predicted octanol–water partition coefficient (Wildman–Crippen LogP) is 5.55. The molecule has 0 aliphatic rings. The lowest BCUT2D eigenvalue weighted by molar-refractivity contribution is 0.516. The third kappa shape index (κ3) is 3.38. The Morgan fingerprint density at radius 1 is 0.633 bits per heavy atom. The predicted molar refractivity (Wildman–Crippen MR) is 120 cm³/mol. The summed E-state index contributed by atoms with van der Waals surface area (Å²) in [7, 11) is 0. The van der Waals surface area contributed by atoms with Crippen molar-refractivity contribution < 1.29 is 8.83 Å². The van der Waals surface area contributed by atoms with Gasteiger partial charge in [-0.3, -0.25) is 0 Å². The molecule has 3 aromatic carbocycles. The summed E-state index contributed by atoms with van der Waals surface area (Å²) in [4.78, 5) is 33.7. The lowest BCUT2D eigenvalue weighted by atomic mass is 10.1. The van der Waals surface area contributed by atoms with Crippen molar-refractivity contribution in [1.82, 2.24) is 9.97 Å². The maximum absolute atomic E-state index is 12.4. The van der Waals surface area contributed by atoms with Crippen LogP contribution in [0, 0.1) is 0 Å². The van der Waals surface area contributed by atoms with Gasteiger partial charge >= 0.3 is 11.3 Å². The van der Waals surface area contributed by atoms with Crippen molar-refractivity contribution in [2.24, 2.45) is 0 Å². The second-order valence-electron chi connectivity index (χ2n) is 6.52. The number of halogens is 2. The van der Waals surface area contributed by atoms with Crippen LogP contribution in [-0.4, -0.2) is 9.97 Å². The molecule has 0 saturated carbocycles. The van der Waals surface area contributed by atoms with Crippen molar-refractivity contribution >= 4 is 53.7 Å². The Labute approximate surface area is 185 Å². The summed E-state index contributed by atoms with van der Waals surface area (Å²) in [6.07, 6.45) is 0. The minimum absolute atomic E-state index is 0.170. The van der Waals surface area contributed by atoms with Gasteiger partial charge in [0, 0.05) is 20.1 Å². The van der Waals surface area contributed by atoms with Crippen LogP contribution in [0.1, 0.15) is 0 Å². The van der Waals surface area contributed by atoms with Crippen molar-refractivity contribution in [3.8, 4) is 22.9 Å². The molecule has 2 aromatic heterocycles. The van der Waals surface area contributed by atoms with Gasteiger partial charge in [-0.05, 0) is 54.6 Å². The molecule has 146 valence electrons. The van der Waals surface area contributed by atoms with Gasteiger partial charge in [0.2, 0.25) is 11.8 Å². The molecule has 0 N–H and O–H groups in total. The van der Waals surface area contributed by atoms with Crippen LogP contribution in [0.3, 0.4) is 0 Å². The first-order valence-corrected chi connectivity index (χ1v) is 10.4. The quantitative estimate of drug-likeness (QED) is 0.300. The van der Waals surface area contributed by atoms with Crippen molar-refractivity contribution in [1.29, 1.82) is 0 Å². The van der Waals surface area contributed by atoms with E-state index in [-0.39, 0.29) is 11.8 Å². The van der Waals surface area contributed by atoms with E-state index in [9.17, 15) is 9.59 Å². The van der Waals surface area contributed by atoms with E-state index in [0.29, 0.717) is 32.9 Å². The van der Waals surface area contributed by atoms with Crippen LogP contribution in [0.5, 0.6) is 0 Å². The van der Waals surface area contributed by atoms with Crippen molar-refractivity contribution in [3.63, 3.8) is 0 Å². The van der Waals surface area contributed by atoms with Crippen molar-refractivity contribution in [2.75, 3.05) is 0 Å². The minimum Gasteiger partial charge on any atom is -0.403 e. The molecule has 30 heavy (non-hydrogen) atoms. The maximum Gasteiger partial charge on any atom is 0.347 e. The largest absolute Gasteiger partial charge is 0.403 e. The summed E-state index contributed by atoms with van der Waals surface area (Å²) in [5.74, 6) is 0.340. The van der Waals surface area contributed by atoms with Gasteiger partial charge in [-0.15, -0.1) is 0 Å². The first kappa shape index (κ1) is 18.9. The fraction of sp³-hybridized carbons (Fsp3) is 0. The number of hydrogen-bond donors (Lipinski definition) is 0. The summed E-state index contributed by atoms with van der Waals surface area (Å²) in [6, 6.07) is 17.4. The molecule has 5 aromatic rings. The minimum atomic E-state index is -0.484. The van der Waals surface area contributed by atoms with E-state index in [2.05, 4.69) is 41.8 Å². The molecule has 8 heteroatoms. The van der Waals surface area contributed by atoms with Crippen LogP contribution < -0.4 is 11.3 Å². The van der Waals surface area contributed by atoms with Crippen LogP contribution in [0.4, 0.5) is 0 Å². The Bertz CT molecular complexity index is 1460. The highest BCUT2D eigenvalue weighted by atomic mass is 79.9. The molecule has 0 fully saturated rings. The molecule has 0 atom stereocenters. The van der Waals surface area contributed by atoms with Gasteiger partial charge in [0.1, 0.15) is 0 Å². The van der Waals surface area contributed by atoms with Gasteiger partial charge in [0.25, 0.3) is 0 Å². The number of aromatic nitrogens is 2. The lowest BCUT2D eigenvalue weighted by Crippen LogP contribution is -2.04. The summed E-state index contributed by atoms with van der Waals surface area (Å²) >= 11 is 6.68. The molecule has 0 spiro atoms. The van der Waals surface area contributed by atoms with E-state index in [1.165, 1.54) is 0 Å². The topological polar surface area (TPSA) is 86.2 Å². The number of benzene rings is 3. The lowest BCUT2D eigenvalue weighted by Gasteiger charge is -2.05. The molecule has 0 radical (unpaired) electrons. The van der Waals surface area contributed by atoms with Gasteiger partial charge in [0.05, 0.1) is 21.8 Å². The second-order valence-corrected chi connectivity index (χ2v) is 8.35. The highest BCUT2D eigenvalue weighted by Crippen LogP contribution is 2.26. The molecule has 0 unspecified atom stereocenters. The maximum atomic E-state index is 12.4. The Kier molecular flexibility index (Phi) is 4.60. The van der Waals surface area contributed by atoms with Gasteiger partial charge in [-0.25, -0.2) is 19.6 Å². The van der Waals surface area contributed by atoms with Gasteiger partial charge < -0.3 is 8.83 Å². The van der Waals surface area contributed by atoms with Gasteiger partial charge in [-0.1, -0.05) is 37.9 Å². The standard InChI is InChI=1S/C22H10Br2N2O4/c23-13-4-6-17-15(9-13)21(27)29-19(25-17)11-2-1-3-12(8-11)20-26-18-7-5-14(24)10-16(18)22(28)30-20/h1-10H. The van der Waals surface area contributed by atoms with Gasteiger partial charge in [-0.2, -0.15) is 0 Å². The summed E-state index contributed by atoms with van der Waals surface area (Å²) < 4.78 is 12.4. The third-order valence-electron chi connectivity index (χ3n) is 4.54. The summed E-state index contributed by atoms with van der Waals surface area (Å²) in [5.41, 5.74) is 1.21. The van der Waals surface area contributed by atoms with Crippen LogP contribution in [0.15, 0.2) is 88.0 Å². The monoisotopic (exact) mass is 524 g/mol. The van der Waals surface area contributed by atoms with Crippen molar-refractivity contribution in [3.05, 3.63) is 90.4 Å². The van der Waals surface area contributed by atoms with Crippen LogP contribution in [0.2, 0.25) is 0 Å². The zero-order chi connectivity index (χ0) is 20.8. The Morgan fingerprint density at radius 3 is 1.57 bits per heavy atom. The molecule has 0 aliphatic heterocycles. The SMILES string of the molecule is O=c1oc(-c2cccc(-c3nc4ccc(Br)cc4c(=O)o3)c2)nc2ccc(Br)cc12. The Morgan fingerprint density at radius 2 is 1.10 bits per heavy atom. The Hall–Kier alpha value is -3.10. The smallest absolute Gasteiger partial charge is 0.347 e.